The molecular weight excluding hydrogens is 340 g/mol. The SMILES string of the molecule is COc1ccc(NC(=O)c2cnc(Nc3cccc(Cl)c3)cn2)cc1. The molecule has 0 saturated carbocycles. The van der Waals surface area contributed by atoms with Crippen molar-refractivity contribution < 1.29 is 9.53 Å². The van der Waals surface area contributed by atoms with Crippen molar-refractivity contribution in [2.75, 3.05) is 17.7 Å². The number of amides is 1. The third kappa shape index (κ3) is 4.45. The normalized spacial score (nSPS) is 10.2. The summed E-state index contributed by atoms with van der Waals surface area (Å²) in [5.74, 6) is 0.893. The lowest BCUT2D eigenvalue weighted by Crippen LogP contribution is -2.14. The molecule has 0 aliphatic rings. The molecule has 0 atom stereocenters. The average Bonchev–Trinajstić information content (AvgIpc) is 2.63. The van der Waals surface area contributed by atoms with Crippen molar-refractivity contribution in [2.45, 2.75) is 0 Å². The molecule has 7 heteroatoms. The highest BCUT2D eigenvalue weighted by Crippen LogP contribution is 2.19. The highest BCUT2D eigenvalue weighted by Gasteiger charge is 2.09. The summed E-state index contributed by atoms with van der Waals surface area (Å²) in [5.41, 5.74) is 1.65. The van der Waals surface area contributed by atoms with Gasteiger partial charge in [-0.05, 0) is 42.5 Å². The summed E-state index contributed by atoms with van der Waals surface area (Å²) in [4.78, 5) is 20.5. The first-order chi connectivity index (χ1) is 12.1. The van der Waals surface area contributed by atoms with Gasteiger partial charge in [-0.25, -0.2) is 9.97 Å². The van der Waals surface area contributed by atoms with Crippen LogP contribution in [-0.4, -0.2) is 23.0 Å². The van der Waals surface area contributed by atoms with E-state index in [1.54, 1.807) is 43.5 Å². The van der Waals surface area contributed by atoms with Gasteiger partial charge in [-0.2, -0.15) is 0 Å². The number of carbonyl (C=O) groups excluding carboxylic acids is 1. The van der Waals surface area contributed by atoms with Crippen LogP contribution < -0.4 is 15.4 Å². The summed E-state index contributed by atoms with van der Waals surface area (Å²) in [6.45, 7) is 0. The van der Waals surface area contributed by atoms with E-state index in [0.29, 0.717) is 22.3 Å². The molecule has 0 aliphatic carbocycles. The Kier molecular flexibility index (Phi) is 5.11. The molecule has 0 fully saturated rings. The lowest BCUT2D eigenvalue weighted by Gasteiger charge is -2.07. The van der Waals surface area contributed by atoms with Crippen molar-refractivity contribution in [3.8, 4) is 5.75 Å². The molecule has 0 radical (unpaired) electrons. The van der Waals surface area contributed by atoms with E-state index < -0.39 is 0 Å². The van der Waals surface area contributed by atoms with Gasteiger partial charge in [0.1, 0.15) is 17.3 Å². The molecule has 1 amide bonds. The van der Waals surface area contributed by atoms with Crippen molar-refractivity contribution >= 4 is 34.7 Å². The number of hydrogen-bond donors (Lipinski definition) is 2. The first-order valence-electron chi connectivity index (χ1n) is 7.44. The Morgan fingerprint density at radius 2 is 1.84 bits per heavy atom. The van der Waals surface area contributed by atoms with Crippen LogP contribution in [0.25, 0.3) is 0 Å². The second-order valence-electron chi connectivity index (χ2n) is 5.10. The van der Waals surface area contributed by atoms with Crippen LogP contribution in [0.15, 0.2) is 60.9 Å². The Morgan fingerprint density at radius 3 is 2.48 bits per heavy atom. The lowest BCUT2D eigenvalue weighted by atomic mass is 10.3. The standard InChI is InChI=1S/C18H15ClN4O2/c1-25-15-7-5-13(6-8-15)23-18(24)16-10-21-17(11-20-16)22-14-4-2-3-12(19)9-14/h2-11H,1H3,(H,21,22)(H,23,24). The third-order valence-corrected chi connectivity index (χ3v) is 3.56. The predicted molar refractivity (Wildman–Crippen MR) is 97.7 cm³/mol. The van der Waals surface area contributed by atoms with Crippen molar-refractivity contribution in [1.82, 2.24) is 9.97 Å². The molecule has 3 rings (SSSR count). The third-order valence-electron chi connectivity index (χ3n) is 3.33. The number of benzene rings is 2. The molecule has 25 heavy (non-hydrogen) atoms. The Balaban J connectivity index is 1.65. The van der Waals surface area contributed by atoms with Crippen molar-refractivity contribution in [1.29, 1.82) is 0 Å². The van der Waals surface area contributed by atoms with Gasteiger partial charge in [0.15, 0.2) is 0 Å². The molecule has 0 bridgehead atoms. The fourth-order valence-electron chi connectivity index (χ4n) is 2.09. The van der Waals surface area contributed by atoms with E-state index >= 15 is 0 Å². The zero-order chi connectivity index (χ0) is 17.6. The minimum Gasteiger partial charge on any atom is -0.497 e. The molecule has 0 unspecified atom stereocenters. The number of nitrogens with zero attached hydrogens (tertiary/aromatic N) is 2. The zero-order valence-corrected chi connectivity index (χ0v) is 14.1. The van der Waals surface area contributed by atoms with Gasteiger partial charge in [0.05, 0.1) is 19.5 Å². The van der Waals surface area contributed by atoms with Crippen LogP contribution in [-0.2, 0) is 0 Å². The summed E-state index contributed by atoms with van der Waals surface area (Å²) in [6.07, 6.45) is 2.90. The number of methoxy groups -OCH3 is 1. The summed E-state index contributed by atoms with van der Waals surface area (Å²) in [7, 11) is 1.59. The monoisotopic (exact) mass is 354 g/mol. The fraction of sp³-hybridized carbons (Fsp3) is 0.0556. The van der Waals surface area contributed by atoms with Crippen LogP contribution in [0.2, 0.25) is 5.02 Å². The van der Waals surface area contributed by atoms with Gasteiger partial charge in [0, 0.05) is 16.4 Å². The first kappa shape index (κ1) is 16.7. The minimum absolute atomic E-state index is 0.215. The Morgan fingerprint density at radius 1 is 1.04 bits per heavy atom. The van der Waals surface area contributed by atoms with Gasteiger partial charge >= 0.3 is 0 Å². The molecule has 1 aromatic heterocycles. The molecule has 0 saturated heterocycles. The van der Waals surface area contributed by atoms with E-state index in [0.717, 1.165) is 5.69 Å². The maximum Gasteiger partial charge on any atom is 0.275 e. The number of nitrogens with one attached hydrogen (secondary N) is 2. The maximum atomic E-state index is 12.2. The molecule has 6 nitrogen and oxygen atoms in total. The largest absolute Gasteiger partial charge is 0.497 e. The highest BCUT2D eigenvalue weighted by molar-refractivity contribution is 6.30. The molecule has 0 spiro atoms. The molecule has 0 aliphatic heterocycles. The summed E-state index contributed by atoms with van der Waals surface area (Å²) < 4.78 is 5.08. The van der Waals surface area contributed by atoms with Crippen molar-refractivity contribution in [2.24, 2.45) is 0 Å². The molecular formula is C18H15ClN4O2. The van der Waals surface area contributed by atoms with Crippen LogP contribution >= 0.6 is 11.6 Å². The summed E-state index contributed by atoms with van der Waals surface area (Å²) >= 11 is 5.94. The van der Waals surface area contributed by atoms with Gasteiger partial charge < -0.3 is 15.4 Å². The second kappa shape index (κ2) is 7.63. The van der Waals surface area contributed by atoms with E-state index in [1.165, 1.54) is 12.4 Å². The van der Waals surface area contributed by atoms with E-state index in [1.807, 2.05) is 12.1 Å². The van der Waals surface area contributed by atoms with Crippen molar-refractivity contribution in [3.63, 3.8) is 0 Å². The highest BCUT2D eigenvalue weighted by atomic mass is 35.5. The van der Waals surface area contributed by atoms with Gasteiger partial charge in [-0.3, -0.25) is 4.79 Å². The van der Waals surface area contributed by atoms with E-state index in [-0.39, 0.29) is 11.6 Å². The average molecular weight is 355 g/mol. The van der Waals surface area contributed by atoms with Crippen LogP contribution in [0, 0.1) is 0 Å². The Bertz CT molecular complexity index is 867. The van der Waals surface area contributed by atoms with E-state index in [9.17, 15) is 4.79 Å². The van der Waals surface area contributed by atoms with Gasteiger partial charge in [0.2, 0.25) is 0 Å². The topological polar surface area (TPSA) is 76.1 Å². The van der Waals surface area contributed by atoms with Crippen LogP contribution in [0.4, 0.5) is 17.2 Å². The number of ether oxygens (including phenoxy) is 1. The number of anilines is 3. The number of hydrogen-bond acceptors (Lipinski definition) is 5. The van der Waals surface area contributed by atoms with E-state index in [2.05, 4.69) is 20.6 Å². The zero-order valence-electron chi connectivity index (χ0n) is 13.4. The molecule has 126 valence electrons. The predicted octanol–water partition coefficient (Wildman–Crippen LogP) is 4.13. The van der Waals surface area contributed by atoms with Gasteiger partial charge in [0.25, 0.3) is 5.91 Å². The molecule has 2 N–H and O–H groups in total. The minimum atomic E-state index is -0.341. The van der Waals surface area contributed by atoms with Crippen molar-refractivity contribution in [3.05, 3.63) is 71.6 Å². The van der Waals surface area contributed by atoms with Crippen LogP contribution in [0.1, 0.15) is 10.5 Å². The van der Waals surface area contributed by atoms with Gasteiger partial charge in [-0.1, -0.05) is 17.7 Å². The number of aromatic nitrogens is 2. The number of halogens is 1. The van der Waals surface area contributed by atoms with E-state index in [4.69, 9.17) is 16.3 Å². The first-order valence-corrected chi connectivity index (χ1v) is 7.82. The maximum absolute atomic E-state index is 12.2. The fourth-order valence-corrected chi connectivity index (χ4v) is 2.28. The number of rotatable bonds is 5. The second-order valence-corrected chi connectivity index (χ2v) is 5.54. The Hall–Kier alpha value is -3.12. The van der Waals surface area contributed by atoms with Crippen LogP contribution in [0.3, 0.4) is 0 Å². The smallest absolute Gasteiger partial charge is 0.275 e. The summed E-state index contributed by atoms with van der Waals surface area (Å²) in [5, 5.41) is 6.44. The molecule has 2 aromatic carbocycles. The van der Waals surface area contributed by atoms with Gasteiger partial charge in [-0.15, -0.1) is 0 Å². The van der Waals surface area contributed by atoms with Crippen LogP contribution in [0.5, 0.6) is 5.75 Å². The lowest BCUT2D eigenvalue weighted by molar-refractivity contribution is 0.102. The molecule has 1 heterocycles. The summed E-state index contributed by atoms with van der Waals surface area (Å²) in [6, 6.07) is 14.3. The molecule has 3 aromatic rings. The Labute approximate surface area is 149 Å². The number of carbonyl (C=O) groups is 1. The quantitative estimate of drug-likeness (QED) is 0.720.